The first-order valence-corrected chi connectivity index (χ1v) is 13.6. The Labute approximate surface area is 227 Å². The number of benzene rings is 4. The Morgan fingerprint density at radius 3 is 2.51 bits per heavy atom. The molecule has 39 heavy (non-hydrogen) atoms. The average molecular weight is 509 g/mol. The smallest absolute Gasteiger partial charge is 0.101 e. The monoisotopic (exact) mass is 508 g/mol. The van der Waals surface area contributed by atoms with E-state index in [1.807, 2.05) is 36.5 Å². The number of para-hydroxylation sites is 2. The molecule has 0 atom stereocenters. The molecule has 1 saturated carbocycles. The maximum atomic E-state index is 9.93. The van der Waals surface area contributed by atoms with Crippen LogP contribution in [0.5, 0.6) is 0 Å². The minimum Gasteiger partial charge on any atom is -0.393 e. The van der Waals surface area contributed by atoms with Gasteiger partial charge < -0.3 is 15.0 Å². The Balaban J connectivity index is 1.41. The third kappa shape index (κ3) is 4.10. The number of nitrogens with zero attached hydrogens (tertiary/aromatic N) is 3. The third-order valence-corrected chi connectivity index (χ3v) is 8.04. The van der Waals surface area contributed by atoms with Crippen LogP contribution in [0, 0.1) is 11.3 Å². The lowest BCUT2D eigenvalue weighted by Crippen LogP contribution is -2.28. The zero-order chi connectivity index (χ0) is 26.3. The van der Waals surface area contributed by atoms with Crippen molar-refractivity contribution in [2.24, 2.45) is 0 Å². The van der Waals surface area contributed by atoms with Crippen molar-refractivity contribution in [3.8, 4) is 22.9 Å². The summed E-state index contributed by atoms with van der Waals surface area (Å²) in [6.45, 7) is 0. The molecule has 0 radical (unpaired) electrons. The molecule has 1 aliphatic carbocycles. The summed E-state index contributed by atoms with van der Waals surface area (Å²) in [5, 5.41) is 26.9. The van der Waals surface area contributed by atoms with Crippen molar-refractivity contribution < 1.29 is 5.11 Å². The molecule has 5 nitrogen and oxygen atoms in total. The Morgan fingerprint density at radius 2 is 1.64 bits per heavy atom. The summed E-state index contributed by atoms with van der Waals surface area (Å²) in [6.07, 6.45) is 5.13. The van der Waals surface area contributed by atoms with Crippen LogP contribution in [0.3, 0.4) is 0 Å². The number of aromatic nitrogens is 2. The lowest BCUT2D eigenvalue weighted by Gasteiger charge is -2.27. The van der Waals surface area contributed by atoms with E-state index in [4.69, 9.17) is 4.98 Å². The van der Waals surface area contributed by atoms with Crippen molar-refractivity contribution in [1.82, 2.24) is 9.55 Å². The fraction of sp³-hybridized carbons (Fsp3) is 0.176. The first-order valence-electron chi connectivity index (χ1n) is 13.6. The minimum atomic E-state index is -0.213. The maximum Gasteiger partial charge on any atom is 0.101 e. The predicted octanol–water partition coefficient (Wildman–Crippen LogP) is 7.59. The summed E-state index contributed by atoms with van der Waals surface area (Å²) in [7, 11) is 0. The van der Waals surface area contributed by atoms with Gasteiger partial charge in [-0.3, -0.25) is 4.98 Å². The average Bonchev–Trinajstić information content (AvgIpc) is 3.33. The van der Waals surface area contributed by atoms with Crippen molar-refractivity contribution in [2.45, 2.75) is 37.8 Å². The van der Waals surface area contributed by atoms with Crippen LogP contribution < -0.4 is 5.32 Å². The van der Waals surface area contributed by atoms with Gasteiger partial charge in [0.25, 0.3) is 0 Å². The first-order chi connectivity index (χ1) is 19.2. The quantitative estimate of drug-likeness (QED) is 0.257. The van der Waals surface area contributed by atoms with Crippen molar-refractivity contribution >= 4 is 38.4 Å². The molecular formula is C34H28N4O. The normalized spacial score (nSPS) is 17.4. The highest BCUT2D eigenvalue weighted by molar-refractivity contribution is 6.16. The molecule has 0 saturated heterocycles. The highest BCUT2D eigenvalue weighted by Crippen LogP contribution is 2.39. The summed E-state index contributed by atoms with van der Waals surface area (Å²) in [5.74, 6) is 0. The number of fused-ring (bicyclic) bond motifs is 4. The van der Waals surface area contributed by atoms with Crippen molar-refractivity contribution in [3.63, 3.8) is 0 Å². The Kier molecular flexibility index (Phi) is 5.76. The Bertz CT molecular complexity index is 1890. The molecule has 1 fully saturated rings. The summed E-state index contributed by atoms with van der Waals surface area (Å²) < 4.78 is 2.29. The van der Waals surface area contributed by atoms with E-state index in [-0.39, 0.29) is 12.1 Å². The highest BCUT2D eigenvalue weighted by Gasteiger charge is 2.21. The molecule has 0 aliphatic heterocycles. The van der Waals surface area contributed by atoms with Crippen molar-refractivity contribution in [1.29, 1.82) is 5.26 Å². The molecule has 190 valence electrons. The van der Waals surface area contributed by atoms with Crippen LogP contribution >= 0.6 is 0 Å². The lowest BCUT2D eigenvalue weighted by molar-refractivity contribution is 0.126. The second-order valence-electron chi connectivity index (χ2n) is 10.5. The van der Waals surface area contributed by atoms with Crippen LogP contribution in [-0.4, -0.2) is 26.8 Å². The fourth-order valence-electron chi connectivity index (χ4n) is 6.08. The van der Waals surface area contributed by atoms with E-state index >= 15 is 0 Å². The number of hydrogen-bond acceptors (Lipinski definition) is 4. The SMILES string of the molecule is N#Cc1ccc(-n2c3ccccc3c3c(-c4cnc5ccccc5c4)cccc32)cc1NC1CCC(O)CC1. The van der Waals surface area contributed by atoms with Gasteiger partial charge in [-0.1, -0.05) is 48.5 Å². The van der Waals surface area contributed by atoms with E-state index in [1.54, 1.807) is 0 Å². The predicted molar refractivity (Wildman–Crippen MR) is 158 cm³/mol. The summed E-state index contributed by atoms with van der Waals surface area (Å²) in [6, 6.07) is 34.0. The van der Waals surface area contributed by atoms with Crippen LogP contribution in [0.2, 0.25) is 0 Å². The number of aliphatic hydroxyl groups is 1. The van der Waals surface area contributed by atoms with Gasteiger partial charge in [-0.05, 0) is 73.7 Å². The Morgan fingerprint density at radius 1 is 0.846 bits per heavy atom. The molecule has 5 heteroatoms. The van der Waals surface area contributed by atoms with Gasteiger partial charge in [-0.2, -0.15) is 5.26 Å². The van der Waals surface area contributed by atoms with Gasteiger partial charge in [0.05, 0.1) is 33.9 Å². The van der Waals surface area contributed by atoms with Crippen molar-refractivity contribution in [3.05, 3.63) is 103 Å². The zero-order valence-electron chi connectivity index (χ0n) is 21.5. The summed E-state index contributed by atoms with van der Waals surface area (Å²) in [4.78, 5) is 4.74. The standard InChI is InChI=1S/C34H28N4O/c35-20-23-12-15-26(19-31(23)37-25-13-16-27(39)17-14-25)38-32-10-4-2-7-29(32)34-28(8-5-11-33(34)38)24-18-22-6-1-3-9-30(22)36-21-24/h1-12,15,18-19,21,25,27,37,39H,13-14,16-17H2. The van der Waals surface area contributed by atoms with Gasteiger partial charge >= 0.3 is 0 Å². The molecule has 7 rings (SSSR count). The number of hydrogen-bond donors (Lipinski definition) is 2. The van der Waals surface area contributed by atoms with Crippen LogP contribution in [0.1, 0.15) is 31.2 Å². The molecule has 0 bridgehead atoms. The van der Waals surface area contributed by atoms with Gasteiger partial charge in [0, 0.05) is 39.6 Å². The number of nitrogens with one attached hydrogen (secondary N) is 1. The topological polar surface area (TPSA) is 73.9 Å². The molecule has 2 aromatic heterocycles. The lowest BCUT2D eigenvalue weighted by atomic mass is 9.93. The van der Waals surface area contributed by atoms with Crippen molar-refractivity contribution in [2.75, 3.05) is 5.32 Å². The maximum absolute atomic E-state index is 9.93. The number of rotatable bonds is 4. The molecule has 0 amide bonds. The second-order valence-corrected chi connectivity index (χ2v) is 10.5. The fourth-order valence-corrected chi connectivity index (χ4v) is 6.08. The van der Waals surface area contributed by atoms with Gasteiger partial charge in [-0.25, -0.2) is 0 Å². The van der Waals surface area contributed by atoms with E-state index in [9.17, 15) is 10.4 Å². The molecule has 0 unspecified atom stereocenters. The highest BCUT2D eigenvalue weighted by atomic mass is 16.3. The van der Waals surface area contributed by atoms with Gasteiger partial charge in [0.15, 0.2) is 0 Å². The van der Waals surface area contributed by atoms with E-state index < -0.39 is 0 Å². The molecule has 2 heterocycles. The number of pyridine rings is 1. The molecular weight excluding hydrogens is 480 g/mol. The van der Waals surface area contributed by atoms with Crippen LogP contribution in [0.25, 0.3) is 49.5 Å². The number of aliphatic hydroxyl groups excluding tert-OH is 1. The summed E-state index contributed by atoms with van der Waals surface area (Å²) in [5.41, 5.74) is 7.93. The Hall–Kier alpha value is -4.66. The van der Waals surface area contributed by atoms with E-state index in [1.165, 1.54) is 10.8 Å². The second kappa shape index (κ2) is 9.58. The van der Waals surface area contributed by atoms with Crippen LogP contribution in [-0.2, 0) is 0 Å². The largest absolute Gasteiger partial charge is 0.393 e. The van der Waals surface area contributed by atoms with Gasteiger partial charge in [0.2, 0.25) is 0 Å². The van der Waals surface area contributed by atoms with E-state index in [0.717, 1.165) is 70.1 Å². The molecule has 0 spiro atoms. The van der Waals surface area contributed by atoms with Gasteiger partial charge in [0.1, 0.15) is 6.07 Å². The van der Waals surface area contributed by atoms with Crippen LogP contribution in [0.4, 0.5) is 5.69 Å². The van der Waals surface area contributed by atoms with E-state index in [0.29, 0.717) is 5.56 Å². The molecule has 6 aromatic rings. The summed E-state index contributed by atoms with van der Waals surface area (Å²) >= 11 is 0. The first kappa shape index (κ1) is 23.5. The zero-order valence-corrected chi connectivity index (χ0v) is 21.5. The number of nitriles is 1. The molecule has 2 N–H and O–H groups in total. The minimum absolute atomic E-state index is 0.213. The molecule has 4 aromatic carbocycles. The van der Waals surface area contributed by atoms with Gasteiger partial charge in [-0.15, -0.1) is 0 Å². The molecule has 1 aliphatic rings. The number of anilines is 1. The van der Waals surface area contributed by atoms with E-state index in [2.05, 4.69) is 76.6 Å². The third-order valence-electron chi connectivity index (χ3n) is 8.04. The van der Waals surface area contributed by atoms with Crippen LogP contribution in [0.15, 0.2) is 97.2 Å².